The van der Waals surface area contributed by atoms with Crippen LogP contribution in [0, 0.1) is 0 Å². The molecule has 1 heterocycles. The van der Waals surface area contributed by atoms with Crippen molar-refractivity contribution in [2.75, 3.05) is 12.3 Å². The first-order valence-electron chi connectivity index (χ1n) is 6.56. The van der Waals surface area contributed by atoms with Gasteiger partial charge in [-0.2, -0.15) is 0 Å². The Hall–Kier alpha value is -0.550. The zero-order chi connectivity index (χ0) is 11.9. The fourth-order valence-corrected chi connectivity index (χ4v) is 3.08. The molecule has 1 aliphatic carbocycles. The van der Waals surface area contributed by atoms with E-state index in [9.17, 15) is 0 Å². The fraction of sp³-hybridized carbons (Fsp3) is 0.833. The summed E-state index contributed by atoms with van der Waals surface area (Å²) in [5.41, 5.74) is 0. The van der Waals surface area contributed by atoms with Gasteiger partial charge in [-0.15, -0.1) is 10.2 Å². The first-order valence-corrected chi connectivity index (χ1v) is 7.55. The molecule has 17 heavy (non-hydrogen) atoms. The summed E-state index contributed by atoms with van der Waals surface area (Å²) >= 11 is 1.79. The highest BCUT2D eigenvalue weighted by Crippen LogP contribution is 2.18. The van der Waals surface area contributed by atoms with Crippen molar-refractivity contribution in [3.63, 3.8) is 0 Å². The molecule has 1 aliphatic rings. The number of nitrogens with one attached hydrogen (secondary N) is 1. The van der Waals surface area contributed by atoms with Crippen LogP contribution in [0.4, 0.5) is 0 Å². The number of hydrogen-bond donors (Lipinski definition) is 1. The minimum atomic E-state index is 0.781. The minimum Gasteiger partial charge on any atom is -0.314 e. The van der Waals surface area contributed by atoms with Crippen molar-refractivity contribution in [2.24, 2.45) is 7.05 Å². The lowest BCUT2D eigenvalue weighted by Crippen LogP contribution is -2.31. The zero-order valence-electron chi connectivity index (χ0n) is 10.6. The molecular formula is C12H22N4S. The predicted octanol–water partition coefficient (Wildman–Crippen LogP) is 2.22. The van der Waals surface area contributed by atoms with Crippen LogP contribution in [0.1, 0.15) is 38.5 Å². The topological polar surface area (TPSA) is 42.7 Å². The van der Waals surface area contributed by atoms with Crippen LogP contribution in [0.3, 0.4) is 0 Å². The maximum absolute atomic E-state index is 4.06. The van der Waals surface area contributed by atoms with Gasteiger partial charge in [0, 0.05) is 18.8 Å². The van der Waals surface area contributed by atoms with E-state index in [1.165, 1.54) is 38.5 Å². The summed E-state index contributed by atoms with van der Waals surface area (Å²) in [5, 5.41) is 12.6. The van der Waals surface area contributed by atoms with Crippen molar-refractivity contribution in [1.29, 1.82) is 0 Å². The van der Waals surface area contributed by atoms with E-state index in [0.29, 0.717) is 0 Å². The maximum atomic E-state index is 4.06. The largest absolute Gasteiger partial charge is 0.314 e. The first kappa shape index (κ1) is 12.9. The van der Waals surface area contributed by atoms with Gasteiger partial charge in [0.1, 0.15) is 6.33 Å². The molecule has 0 saturated heterocycles. The van der Waals surface area contributed by atoms with Gasteiger partial charge in [0.15, 0.2) is 5.16 Å². The molecule has 0 unspecified atom stereocenters. The van der Waals surface area contributed by atoms with Crippen molar-refractivity contribution < 1.29 is 0 Å². The van der Waals surface area contributed by atoms with Gasteiger partial charge in [-0.1, -0.05) is 31.0 Å². The minimum absolute atomic E-state index is 0.781. The van der Waals surface area contributed by atoms with Crippen LogP contribution in [0.15, 0.2) is 11.5 Å². The quantitative estimate of drug-likeness (QED) is 0.624. The van der Waals surface area contributed by atoms with E-state index in [0.717, 1.165) is 23.5 Å². The standard InChI is InChI=1S/C12H22N4S/c1-16-10-14-15-12(16)17-9-5-8-13-11-6-3-2-4-7-11/h10-11,13H,2-9H2,1H3. The molecule has 5 heteroatoms. The third kappa shape index (κ3) is 4.32. The van der Waals surface area contributed by atoms with Gasteiger partial charge in [-0.25, -0.2) is 0 Å². The van der Waals surface area contributed by atoms with Gasteiger partial charge < -0.3 is 9.88 Å². The lowest BCUT2D eigenvalue weighted by molar-refractivity contribution is 0.375. The number of thioether (sulfide) groups is 1. The average Bonchev–Trinajstić information content (AvgIpc) is 2.76. The molecule has 1 aromatic heterocycles. The van der Waals surface area contributed by atoms with E-state index in [1.54, 1.807) is 18.1 Å². The van der Waals surface area contributed by atoms with Crippen LogP contribution in [0.5, 0.6) is 0 Å². The first-order chi connectivity index (χ1) is 8.36. The summed E-state index contributed by atoms with van der Waals surface area (Å²) in [6, 6.07) is 0.781. The molecule has 4 nitrogen and oxygen atoms in total. The Morgan fingerprint density at radius 1 is 1.41 bits per heavy atom. The highest BCUT2D eigenvalue weighted by atomic mass is 32.2. The normalized spacial score (nSPS) is 17.5. The lowest BCUT2D eigenvalue weighted by atomic mass is 9.95. The van der Waals surface area contributed by atoms with Gasteiger partial charge in [0.05, 0.1) is 0 Å². The lowest BCUT2D eigenvalue weighted by Gasteiger charge is -2.22. The Kier molecular flexibility index (Phi) is 5.32. The van der Waals surface area contributed by atoms with E-state index in [-0.39, 0.29) is 0 Å². The summed E-state index contributed by atoms with van der Waals surface area (Å²) in [7, 11) is 1.99. The summed E-state index contributed by atoms with van der Waals surface area (Å²) in [6.45, 7) is 1.13. The van der Waals surface area contributed by atoms with E-state index in [2.05, 4.69) is 15.5 Å². The predicted molar refractivity (Wildman–Crippen MR) is 71.2 cm³/mol. The molecular weight excluding hydrogens is 232 g/mol. The van der Waals surface area contributed by atoms with Crippen molar-refractivity contribution in [2.45, 2.75) is 49.7 Å². The Morgan fingerprint density at radius 3 is 2.94 bits per heavy atom. The van der Waals surface area contributed by atoms with Gasteiger partial charge in [-0.05, 0) is 25.8 Å². The molecule has 1 saturated carbocycles. The van der Waals surface area contributed by atoms with Crippen LogP contribution in [-0.4, -0.2) is 33.1 Å². The number of aromatic nitrogens is 3. The summed E-state index contributed by atoms with van der Waals surface area (Å²) < 4.78 is 1.97. The Bertz CT molecular complexity index is 320. The second-order valence-electron chi connectivity index (χ2n) is 4.72. The third-order valence-electron chi connectivity index (χ3n) is 3.26. The van der Waals surface area contributed by atoms with Crippen LogP contribution in [0.25, 0.3) is 0 Å². The van der Waals surface area contributed by atoms with E-state index >= 15 is 0 Å². The molecule has 96 valence electrons. The second kappa shape index (κ2) is 7.01. The van der Waals surface area contributed by atoms with Gasteiger partial charge in [0.2, 0.25) is 0 Å². The van der Waals surface area contributed by atoms with Crippen molar-refractivity contribution >= 4 is 11.8 Å². The molecule has 1 aromatic rings. The maximum Gasteiger partial charge on any atom is 0.190 e. The summed E-state index contributed by atoms with van der Waals surface area (Å²) in [5.74, 6) is 1.12. The summed E-state index contributed by atoms with van der Waals surface area (Å²) in [4.78, 5) is 0. The number of rotatable bonds is 6. The van der Waals surface area contributed by atoms with E-state index < -0.39 is 0 Å². The highest BCUT2D eigenvalue weighted by molar-refractivity contribution is 7.99. The molecule has 0 aromatic carbocycles. The van der Waals surface area contributed by atoms with Gasteiger partial charge >= 0.3 is 0 Å². The molecule has 1 fully saturated rings. The van der Waals surface area contributed by atoms with E-state index in [1.807, 2.05) is 11.6 Å². The third-order valence-corrected chi connectivity index (χ3v) is 4.38. The Labute approximate surface area is 108 Å². The molecule has 2 rings (SSSR count). The molecule has 0 radical (unpaired) electrons. The number of nitrogens with zero attached hydrogens (tertiary/aromatic N) is 3. The Morgan fingerprint density at radius 2 is 2.24 bits per heavy atom. The van der Waals surface area contributed by atoms with Crippen LogP contribution in [-0.2, 0) is 7.05 Å². The molecule has 0 aliphatic heterocycles. The number of hydrogen-bond acceptors (Lipinski definition) is 4. The highest BCUT2D eigenvalue weighted by Gasteiger charge is 2.11. The monoisotopic (exact) mass is 254 g/mol. The molecule has 0 spiro atoms. The second-order valence-corrected chi connectivity index (χ2v) is 5.78. The summed E-state index contributed by atoms with van der Waals surface area (Å²) in [6.07, 6.45) is 9.94. The van der Waals surface area contributed by atoms with Crippen LogP contribution >= 0.6 is 11.8 Å². The molecule has 1 N–H and O–H groups in total. The van der Waals surface area contributed by atoms with E-state index in [4.69, 9.17) is 0 Å². The van der Waals surface area contributed by atoms with Gasteiger partial charge in [0.25, 0.3) is 0 Å². The smallest absolute Gasteiger partial charge is 0.190 e. The Balaban J connectivity index is 1.53. The van der Waals surface area contributed by atoms with Crippen molar-refractivity contribution in [1.82, 2.24) is 20.1 Å². The average molecular weight is 254 g/mol. The molecule has 0 atom stereocenters. The van der Waals surface area contributed by atoms with Crippen LogP contribution < -0.4 is 5.32 Å². The van der Waals surface area contributed by atoms with Crippen molar-refractivity contribution in [3.8, 4) is 0 Å². The fourth-order valence-electron chi connectivity index (χ4n) is 2.25. The zero-order valence-corrected chi connectivity index (χ0v) is 11.4. The molecule has 0 amide bonds. The van der Waals surface area contributed by atoms with Crippen molar-refractivity contribution in [3.05, 3.63) is 6.33 Å². The van der Waals surface area contributed by atoms with Crippen LogP contribution in [0.2, 0.25) is 0 Å². The van der Waals surface area contributed by atoms with Gasteiger partial charge in [-0.3, -0.25) is 0 Å². The SMILES string of the molecule is Cn1cnnc1SCCCNC1CCCCC1. The molecule has 0 bridgehead atoms. The number of aryl methyl sites for hydroxylation is 1.